The van der Waals surface area contributed by atoms with Crippen LogP contribution in [0.4, 0.5) is 5.82 Å². The molecule has 2 aromatic heterocycles. The molecule has 21 heavy (non-hydrogen) atoms. The van der Waals surface area contributed by atoms with Gasteiger partial charge in [0.15, 0.2) is 5.65 Å². The van der Waals surface area contributed by atoms with Gasteiger partial charge in [-0.3, -0.25) is 4.68 Å². The van der Waals surface area contributed by atoms with Gasteiger partial charge in [-0.25, -0.2) is 9.97 Å². The van der Waals surface area contributed by atoms with E-state index in [2.05, 4.69) is 58.1 Å². The third-order valence-corrected chi connectivity index (χ3v) is 3.60. The van der Waals surface area contributed by atoms with Gasteiger partial charge < -0.3 is 4.90 Å². The number of nitrogens with zero attached hydrogens (tertiary/aromatic N) is 5. The van der Waals surface area contributed by atoms with Crippen LogP contribution in [0.25, 0.3) is 11.0 Å². The number of aryl methyl sites for hydroxylation is 1. The number of rotatable bonds is 4. The molecule has 0 aliphatic heterocycles. The minimum Gasteiger partial charge on any atom is -0.349 e. The van der Waals surface area contributed by atoms with Crippen LogP contribution in [0.1, 0.15) is 19.4 Å². The van der Waals surface area contributed by atoms with E-state index in [1.165, 1.54) is 5.56 Å². The topological polar surface area (TPSA) is 46.8 Å². The lowest BCUT2D eigenvalue weighted by Crippen LogP contribution is -2.31. The van der Waals surface area contributed by atoms with Crippen molar-refractivity contribution in [3.05, 3.63) is 48.4 Å². The van der Waals surface area contributed by atoms with Crippen molar-refractivity contribution >= 4 is 16.9 Å². The fraction of sp³-hybridized carbons (Fsp3) is 0.312. The molecule has 0 amide bonds. The number of hydrogen-bond donors (Lipinski definition) is 0. The lowest BCUT2D eigenvalue weighted by atomic mass is 10.2. The highest BCUT2D eigenvalue weighted by Gasteiger charge is 2.17. The first-order valence-electron chi connectivity index (χ1n) is 7.10. The van der Waals surface area contributed by atoms with Crippen molar-refractivity contribution in [2.75, 3.05) is 4.90 Å². The summed E-state index contributed by atoms with van der Waals surface area (Å²) in [5.41, 5.74) is 2.13. The molecule has 0 atom stereocenters. The van der Waals surface area contributed by atoms with E-state index in [1.807, 2.05) is 19.3 Å². The molecule has 5 heteroatoms. The zero-order valence-corrected chi connectivity index (χ0v) is 12.6. The Morgan fingerprint density at radius 3 is 2.62 bits per heavy atom. The number of aromatic nitrogens is 4. The molecule has 0 radical (unpaired) electrons. The smallest absolute Gasteiger partial charge is 0.163 e. The van der Waals surface area contributed by atoms with Gasteiger partial charge in [-0.1, -0.05) is 30.3 Å². The van der Waals surface area contributed by atoms with Gasteiger partial charge in [0.1, 0.15) is 12.1 Å². The second-order valence-corrected chi connectivity index (χ2v) is 5.41. The molecule has 5 nitrogen and oxygen atoms in total. The Morgan fingerprint density at radius 1 is 1.14 bits per heavy atom. The largest absolute Gasteiger partial charge is 0.349 e. The fourth-order valence-corrected chi connectivity index (χ4v) is 2.46. The van der Waals surface area contributed by atoms with E-state index in [1.54, 1.807) is 11.0 Å². The highest BCUT2D eigenvalue weighted by Crippen LogP contribution is 2.25. The number of anilines is 1. The lowest BCUT2D eigenvalue weighted by molar-refractivity contribution is 0.674. The first-order valence-corrected chi connectivity index (χ1v) is 7.10. The summed E-state index contributed by atoms with van der Waals surface area (Å²) in [6.07, 6.45) is 3.45. The molecule has 0 N–H and O–H groups in total. The van der Waals surface area contributed by atoms with Crippen molar-refractivity contribution in [1.29, 1.82) is 0 Å². The SMILES string of the molecule is CC(C)N(Cc1ccccc1)c1ncnc2c1cnn2C. The molecule has 1 aromatic carbocycles. The normalized spacial score (nSPS) is 11.2. The van der Waals surface area contributed by atoms with Crippen LogP contribution in [-0.4, -0.2) is 25.8 Å². The Kier molecular flexibility index (Phi) is 3.56. The van der Waals surface area contributed by atoms with E-state index in [0.717, 1.165) is 23.4 Å². The molecule has 0 aliphatic rings. The van der Waals surface area contributed by atoms with Crippen LogP contribution in [-0.2, 0) is 13.6 Å². The van der Waals surface area contributed by atoms with Crippen LogP contribution >= 0.6 is 0 Å². The third-order valence-electron chi connectivity index (χ3n) is 3.60. The summed E-state index contributed by atoms with van der Waals surface area (Å²) >= 11 is 0. The zero-order chi connectivity index (χ0) is 14.8. The molecule has 2 heterocycles. The van der Waals surface area contributed by atoms with E-state index >= 15 is 0 Å². The first-order chi connectivity index (χ1) is 10.2. The van der Waals surface area contributed by atoms with Crippen molar-refractivity contribution in [1.82, 2.24) is 19.7 Å². The van der Waals surface area contributed by atoms with Gasteiger partial charge in [0.05, 0.1) is 11.6 Å². The van der Waals surface area contributed by atoms with Gasteiger partial charge in [0, 0.05) is 19.6 Å². The standard InChI is InChI=1S/C16H19N5/c1-12(2)21(10-13-7-5-4-6-8-13)16-14-9-19-20(3)15(14)17-11-18-16/h4-9,11-12H,10H2,1-3H3. The summed E-state index contributed by atoms with van der Waals surface area (Å²) in [5, 5.41) is 5.28. The fourth-order valence-electron chi connectivity index (χ4n) is 2.46. The van der Waals surface area contributed by atoms with Gasteiger partial charge in [0.25, 0.3) is 0 Å². The molecule has 0 spiro atoms. The average molecular weight is 281 g/mol. The maximum Gasteiger partial charge on any atom is 0.163 e. The highest BCUT2D eigenvalue weighted by molar-refractivity contribution is 5.86. The lowest BCUT2D eigenvalue weighted by Gasteiger charge is -2.28. The molecule has 3 aromatic rings. The van der Waals surface area contributed by atoms with Crippen LogP contribution in [0, 0.1) is 0 Å². The van der Waals surface area contributed by atoms with E-state index in [0.29, 0.717) is 6.04 Å². The van der Waals surface area contributed by atoms with Crippen molar-refractivity contribution in [3.8, 4) is 0 Å². The molecule has 0 saturated carbocycles. The van der Waals surface area contributed by atoms with Crippen molar-refractivity contribution in [2.24, 2.45) is 7.05 Å². The van der Waals surface area contributed by atoms with E-state index in [4.69, 9.17) is 0 Å². The molecular formula is C16H19N5. The molecule has 108 valence electrons. The molecule has 0 fully saturated rings. The average Bonchev–Trinajstić information content (AvgIpc) is 2.87. The summed E-state index contributed by atoms with van der Waals surface area (Å²) in [6.45, 7) is 5.17. The second kappa shape index (κ2) is 5.52. The monoisotopic (exact) mass is 281 g/mol. The van der Waals surface area contributed by atoms with Crippen molar-refractivity contribution in [2.45, 2.75) is 26.4 Å². The minimum atomic E-state index is 0.337. The van der Waals surface area contributed by atoms with Crippen LogP contribution in [0.2, 0.25) is 0 Å². The first kappa shape index (κ1) is 13.5. The molecule has 0 bridgehead atoms. The van der Waals surface area contributed by atoms with E-state index < -0.39 is 0 Å². The predicted octanol–water partition coefficient (Wildman–Crippen LogP) is 2.78. The number of hydrogen-bond acceptors (Lipinski definition) is 4. The summed E-state index contributed by atoms with van der Waals surface area (Å²) in [5.74, 6) is 0.937. The third kappa shape index (κ3) is 2.59. The van der Waals surface area contributed by atoms with Gasteiger partial charge in [-0.2, -0.15) is 5.10 Å². The predicted molar refractivity (Wildman–Crippen MR) is 84.1 cm³/mol. The number of fused-ring (bicyclic) bond motifs is 1. The highest BCUT2D eigenvalue weighted by atomic mass is 15.3. The Labute approximate surface area is 124 Å². The number of benzene rings is 1. The summed E-state index contributed by atoms with van der Waals surface area (Å²) in [7, 11) is 1.90. The second-order valence-electron chi connectivity index (χ2n) is 5.41. The van der Waals surface area contributed by atoms with Gasteiger partial charge in [0.2, 0.25) is 0 Å². The molecular weight excluding hydrogens is 262 g/mol. The van der Waals surface area contributed by atoms with Gasteiger partial charge in [-0.15, -0.1) is 0 Å². The molecule has 0 aliphatic carbocycles. The van der Waals surface area contributed by atoms with Crippen LogP contribution in [0.5, 0.6) is 0 Å². The summed E-state index contributed by atoms with van der Waals surface area (Å²) in [4.78, 5) is 11.1. The quantitative estimate of drug-likeness (QED) is 0.737. The maximum atomic E-state index is 4.50. The van der Waals surface area contributed by atoms with Gasteiger partial charge in [-0.05, 0) is 19.4 Å². The Morgan fingerprint density at radius 2 is 1.90 bits per heavy atom. The summed E-state index contributed by atoms with van der Waals surface area (Å²) < 4.78 is 1.78. The Hall–Kier alpha value is -2.43. The maximum absolute atomic E-state index is 4.50. The minimum absolute atomic E-state index is 0.337. The van der Waals surface area contributed by atoms with Crippen LogP contribution in [0.3, 0.4) is 0 Å². The molecule has 3 rings (SSSR count). The van der Waals surface area contributed by atoms with E-state index in [9.17, 15) is 0 Å². The van der Waals surface area contributed by atoms with Crippen LogP contribution in [0.15, 0.2) is 42.9 Å². The Bertz CT molecular complexity index is 733. The zero-order valence-electron chi connectivity index (χ0n) is 12.6. The molecule has 0 unspecified atom stereocenters. The van der Waals surface area contributed by atoms with E-state index in [-0.39, 0.29) is 0 Å². The molecule has 0 saturated heterocycles. The van der Waals surface area contributed by atoms with Gasteiger partial charge >= 0.3 is 0 Å². The Balaban J connectivity index is 2.04. The van der Waals surface area contributed by atoms with Crippen molar-refractivity contribution in [3.63, 3.8) is 0 Å². The van der Waals surface area contributed by atoms with Crippen LogP contribution < -0.4 is 4.90 Å². The summed E-state index contributed by atoms with van der Waals surface area (Å²) in [6, 6.07) is 10.8. The van der Waals surface area contributed by atoms with Crippen molar-refractivity contribution < 1.29 is 0 Å².